The Morgan fingerprint density at radius 1 is 1.32 bits per heavy atom. The Labute approximate surface area is 126 Å². The molecule has 1 N–H and O–H groups in total. The molecule has 2 aromatic rings. The van der Waals surface area contributed by atoms with Gasteiger partial charge in [-0.2, -0.15) is 5.10 Å². The summed E-state index contributed by atoms with van der Waals surface area (Å²) < 4.78 is 5.08. The molecule has 1 amide bonds. The fourth-order valence-corrected chi connectivity index (χ4v) is 1.73. The summed E-state index contributed by atoms with van der Waals surface area (Å²) in [4.78, 5) is 22.0. The molecule has 0 aliphatic heterocycles. The molecule has 0 atom stereocenters. The lowest BCUT2D eigenvalue weighted by molar-refractivity contribution is -0.385. The number of hydrogen-bond donors (Lipinski definition) is 1. The number of benzene rings is 1. The first-order valence-electron chi connectivity index (χ1n) is 6.41. The van der Waals surface area contributed by atoms with Crippen LogP contribution >= 0.6 is 0 Å². The van der Waals surface area contributed by atoms with Crippen LogP contribution in [0.15, 0.2) is 58.3 Å². The average Bonchev–Trinajstić information content (AvgIpc) is 3.00. The number of nitro groups is 1. The van der Waals surface area contributed by atoms with Gasteiger partial charge in [0.15, 0.2) is 0 Å². The van der Waals surface area contributed by atoms with Crippen molar-refractivity contribution < 1.29 is 14.1 Å². The normalized spacial score (nSPS) is 11.1. The number of hydrogen-bond acceptors (Lipinski definition) is 5. The quantitative estimate of drug-likeness (QED) is 0.503. The molecule has 22 heavy (non-hydrogen) atoms. The van der Waals surface area contributed by atoms with Gasteiger partial charge in [0.1, 0.15) is 5.76 Å². The highest BCUT2D eigenvalue weighted by Crippen LogP contribution is 2.17. The van der Waals surface area contributed by atoms with E-state index >= 15 is 0 Å². The minimum atomic E-state index is -0.516. The molecule has 0 spiro atoms. The van der Waals surface area contributed by atoms with Crippen molar-refractivity contribution in [3.05, 3.63) is 70.2 Å². The molecular weight excluding hydrogens is 286 g/mol. The number of nitrogens with zero attached hydrogens (tertiary/aromatic N) is 2. The second kappa shape index (κ2) is 7.53. The van der Waals surface area contributed by atoms with Crippen molar-refractivity contribution in [2.24, 2.45) is 5.10 Å². The third-order valence-electron chi connectivity index (χ3n) is 2.69. The van der Waals surface area contributed by atoms with Crippen LogP contribution in [0.2, 0.25) is 0 Å². The summed E-state index contributed by atoms with van der Waals surface area (Å²) in [5.41, 5.74) is 2.56. The van der Waals surface area contributed by atoms with Crippen molar-refractivity contribution in [2.75, 3.05) is 0 Å². The number of furan rings is 1. The van der Waals surface area contributed by atoms with Crippen LogP contribution < -0.4 is 5.43 Å². The lowest BCUT2D eigenvalue weighted by Crippen LogP contribution is -2.20. The third kappa shape index (κ3) is 4.41. The van der Waals surface area contributed by atoms with E-state index in [2.05, 4.69) is 10.5 Å². The Balaban J connectivity index is 1.87. The fourth-order valence-electron chi connectivity index (χ4n) is 1.73. The number of allylic oxidation sites excluding steroid dienone is 1. The van der Waals surface area contributed by atoms with Gasteiger partial charge in [0.05, 0.1) is 17.6 Å². The van der Waals surface area contributed by atoms with Crippen LogP contribution in [0.25, 0.3) is 6.08 Å². The highest BCUT2D eigenvalue weighted by molar-refractivity contribution is 5.82. The summed E-state index contributed by atoms with van der Waals surface area (Å²) in [6.45, 7) is 0. The third-order valence-corrected chi connectivity index (χ3v) is 2.69. The Kier molecular flexibility index (Phi) is 5.20. The van der Waals surface area contributed by atoms with Crippen LogP contribution in [-0.2, 0) is 11.2 Å². The van der Waals surface area contributed by atoms with Gasteiger partial charge in [-0.05, 0) is 24.3 Å². The number of carbonyl (C=O) groups excluding carboxylic acids is 1. The molecule has 0 radical (unpaired) electrons. The van der Waals surface area contributed by atoms with Gasteiger partial charge in [-0.15, -0.1) is 0 Å². The molecule has 0 saturated carbocycles. The molecule has 0 aliphatic rings. The summed E-state index contributed by atoms with van der Waals surface area (Å²) in [5, 5.41) is 14.6. The zero-order valence-electron chi connectivity index (χ0n) is 11.5. The van der Waals surface area contributed by atoms with Gasteiger partial charge in [0.2, 0.25) is 5.91 Å². The van der Waals surface area contributed by atoms with E-state index in [-0.39, 0.29) is 12.1 Å². The average molecular weight is 299 g/mol. The number of carbonyl (C=O) groups is 1. The molecule has 0 saturated heterocycles. The lowest BCUT2D eigenvalue weighted by atomic mass is 10.1. The van der Waals surface area contributed by atoms with Crippen LogP contribution in [-0.4, -0.2) is 17.0 Å². The van der Waals surface area contributed by atoms with Gasteiger partial charge in [-0.1, -0.05) is 18.2 Å². The van der Waals surface area contributed by atoms with Crippen molar-refractivity contribution in [3.63, 3.8) is 0 Å². The molecule has 1 heterocycles. The van der Waals surface area contributed by atoms with Gasteiger partial charge in [0.25, 0.3) is 5.69 Å². The molecule has 1 aromatic heterocycles. The van der Waals surface area contributed by atoms with E-state index in [1.807, 2.05) is 0 Å². The van der Waals surface area contributed by atoms with Gasteiger partial charge in [-0.25, -0.2) is 5.43 Å². The smallest absolute Gasteiger partial charge is 0.273 e. The second-order valence-electron chi connectivity index (χ2n) is 4.25. The highest BCUT2D eigenvalue weighted by atomic mass is 16.6. The van der Waals surface area contributed by atoms with Crippen molar-refractivity contribution in [2.45, 2.75) is 6.42 Å². The number of hydrazone groups is 1. The number of nitrogens with one attached hydrogen (secondary N) is 1. The van der Waals surface area contributed by atoms with E-state index in [4.69, 9.17) is 4.42 Å². The fraction of sp³-hybridized carbons (Fsp3) is 0.0667. The largest absolute Gasteiger partial charge is 0.465 e. The minimum Gasteiger partial charge on any atom is -0.465 e. The van der Waals surface area contributed by atoms with E-state index < -0.39 is 10.8 Å². The van der Waals surface area contributed by atoms with Crippen molar-refractivity contribution in [1.29, 1.82) is 0 Å². The SMILES string of the molecule is O=C(Cc1ccccc1[N+](=O)[O-])NN=CC=Cc1ccco1. The van der Waals surface area contributed by atoms with Crippen LogP contribution in [0.3, 0.4) is 0 Å². The highest BCUT2D eigenvalue weighted by Gasteiger charge is 2.14. The summed E-state index contributed by atoms with van der Waals surface area (Å²) in [6, 6.07) is 9.63. The van der Waals surface area contributed by atoms with E-state index in [1.54, 1.807) is 42.7 Å². The monoisotopic (exact) mass is 299 g/mol. The Morgan fingerprint density at radius 3 is 2.86 bits per heavy atom. The standard InChI is InChI=1S/C15H13N3O4/c19-15(11-12-5-1-2-8-14(12)18(20)21)17-16-9-3-6-13-7-4-10-22-13/h1-10H,11H2,(H,17,19). The van der Waals surface area contributed by atoms with Crippen molar-refractivity contribution >= 4 is 23.9 Å². The molecular formula is C15H13N3O4. The second-order valence-corrected chi connectivity index (χ2v) is 4.25. The molecule has 112 valence electrons. The van der Waals surface area contributed by atoms with E-state index in [9.17, 15) is 14.9 Å². The first kappa shape index (κ1) is 15.2. The first-order valence-corrected chi connectivity index (χ1v) is 6.41. The topological polar surface area (TPSA) is 97.7 Å². The van der Waals surface area contributed by atoms with Crippen molar-refractivity contribution in [3.8, 4) is 0 Å². The van der Waals surface area contributed by atoms with E-state index in [0.29, 0.717) is 11.3 Å². The zero-order chi connectivity index (χ0) is 15.8. The zero-order valence-corrected chi connectivity index (χ0v) is 11.5. The first-order chi connectivity index (χ1) is 10.7. The summed E-state index contributed by atoms with van der Waals surface area (Å²) in [6.07, 6.45) is 6.10. The van der Waals surface area contributed by atoms with Crippen LogP contribution in [0.5, 0.6) is 0 Å². The predicted molar refractivity (Wildman–Crippen MR) is 81.2 cm³/mol. The Morgan fingerprint density at radius 2 is 2.14 bits per heavy atom. The van der Waals surface area contributed by atoms with E-state index in [1.165, 1.54) is 18.3 Å². The number of rotatable bonds is 6. The van der Waals surface area contributed by atoms with E-state index in [0.717, 1.165) is 0 Å². The summed E-state index contributed by atoms with van der Waals surface area (Å²) >= 11 is 0. The minimum absolute atomic E-state index is 0.0839. The van der Waals surface area contributed by atoms with Gasteiger partial charge < -0.3 is 4.42 Å². The summed E-state index contributed by atoms with van der Waals surface area (Å²) in [7, 11) is 0. The molecule has 7 nitrogen and oxygen atoms in total. The van der Waals surface area contributed by atoms with Crippen LogP contribution in [0, 0.1) is 10.1 Å². The number of para-hydroxylation sites is 1. The Bertz CT molecular complexity index is 705. The van der Waals surface area contributed by atoms with Crippen molar-refractivity contribution in [1.82, 2.24) is 5.43 Å². The van der Waals surface area contributed by atoms with Crippen LogP contribution in [0.4, 0.5) is 5.69 Å². The number of nitro benzene ring substituents is 1. The number of amides is 1. The van der Waals surface area contributed by atoms with Gasteiger partial charge in [0, 0.05) is 17.8 Å². The van der Waals surface area contributed by atoms with Crippen LogP contribution in [0.1, 0.15) is 11.3 Å². The molecule has 0 fully saturated rings. The maximum Gasteiger partial charge on any atom is 0.273 e. The molecule has 1 aromatic carbocycles. The maximum atomic E-state index is 11.7. The predicted octanol–water partition coefficient (Wildman–Crippen LogP) is 2.55. The van der Waals surface area contributed by atoms with Gasteiger partial charge >= 0.3 is 0 Å². The molecule has 0 bridgehead atoms. The maximum absolute atomic E-state index is 11.7. The molecule has 2 rings (SSSR count). The molecule has 0 aliphatic carbocycles. The van der Waals surface area contributed by atoms with Gasteiger partial charge in [-0.3, -0.25) is 14.9 Å². The lowest BCUT2D eigenvalue weighted by Gasteiger charge is -2.01. The summed E-state index contributed by atoms with van der Waals surface area (Å²) in [5.74, 6) is 0.231. The molecule has 0 unspecified atom stereocenters. The molecule has 7 heteroatoms. The Hall–Kier alpha value is -3.22.